The van der Waals surface area contributed by atoms with Crippen LogP contribution in [-0.4, -0.2) is 271 Å². The zero-order valence-corrected chi connectivity index (χ0v) is 86.5. The normalized spacial score (nSPS) is 28.2. The van der Waals surface area contributed by atoms with Crippen LogP contribution in [0.4, 0.5) is 0 Å². The molecule has 0 amide bonds. The van der Waals surface area contributed by atoms with Gasteiger partial charge in [0, 0.05) is 56.5 Å². The van der Waals surface area contributed by atoms with Crippen LogP contribution in [0.3, 0.4) is 0 Å². The van der Waals surface area contributed by atoms with Crippen molar-refractivity contribution in [2.24, 2.45) is 28.1 Å². The van der Waals surface area contributed by atoms with E-state index in [9.17, 15) is 109 Å². The molecule has 778 valence electrons. The number of ether oxygens (including phenoxy) is 5. The predicted octanol–water partition coefficient (Wildman–Crippen LogP) is 0.690. The first kappa shape index (κ1) is 132. The van der Waals surface area contributed by atoms with Crippen molar-refractivity contribution in [1.82, 2.24) is 0 Å². The number of hydrogen-bond donors (Lipinski definition) is 3. The number of rotatable bonds is 60. The van der Waals surface area contributed by atoms with Crippen LogP contribution in [0.5, 0.6) is 0 Å². The molecule has 25 unspecified atom stereocenters. The van der Waals surface area contributed by atoms with Gasteiger partial charge < -0.3 is 197 Å². The third-order valence-electron chi connectivity index (χ3n) is 17.4. The minimum atomic E-state index is -5.13. The molecule has 0 aliphatic carbocycles. The first-order valence-electron chi connectivity index (χ1n) is 41.9. The Kier molecular flexibility index (Phi) is 62.1. The van der Waals surface area contributed by atoms with Crippen LogP contribution in [0.15, 0.2) is 0 Å². The second-order valence-corrected chi connectivity index (χ2v) is 49.1. The summed E-state index contributed by atoms with van der Waals surface area (Å²) in [6.07, 6.45) is -4.89. The Bertz CT molecular complexity index is 3810. The standard InChI is InChI=1S/C17H36BO14P3.C14H30BO13P3.C14H29BO10P2.C11H23BO8P2.C10H20BO6P/c1-17(2,3)16-14(13-15(18)31-16)32-35(24,25)30-12-6-11-29-34(22,23)28-10-5-9-27-33(20,21)26-8-4-7-19;1-14(2,3)13-11(10-12(15)27-13)28-31(21,22)26-9-5-8-25-30(19,20)24-7-4-6-23-29(16,17)18;1-14(2,3)13-11(10-12(15)24-13)25-27(19,20)23-9-5-8-22-26(17,18)21-7-4-6-16;1-8(2)11-9(7-10(12)19-11)20-22(15,16)18-6-4-5-17-21(3,13)14;1-7(2)10-8(6-9(11)16-10)17-18(13,14)15-5-3-4-12/h14-16,19H,4-13H2,1-3H3,(H,20,21)(H,22,23)(H,24,25);11-13H,4-10H2,1-3H3,(H,19,20)(H,21,22)(H2,16,17,18);11-13,16H,4-10H2,1-3H3,(H,17,18)(H,19,20);8-11H,4-7H2,1-3H3,(H,13,14)(H,15,16);7-10,12H,3-6H2,1-2H3,(H,13,14)/p-12. The van der Waals surface area contributed by atoms with Gasteiger partial charge in [-0.25, -0.2) is 0 Å². The summed E-state index contributed by atoms with van der Waals surface area (Å²) >= 11 is 0. The van der Waals surface area contributed by atoms with Gasteiger partial charge in [0.25, 0.3) is 70.4 Å². The third-order valence-corrected chi connectivity index (χ3v) is 27.6. The van der Waals surface area contributed by atoms with E-state index in [1.54, 1.807) is 0 Å². The molecular formula is C66H126B5O51P11-12. The third kappa shape index (κ3) is 63.4. The van der Waals surface area contributed by atoms with E-state index in [0.29, 0.717) is 6.42 Å². The average molecular weight is 2130 g/mol. The quantitative estimate of drug-likeness (QED) is 0.0428. The minimum absolute atomic E-state index is 0.0193. The fraction of sp³-hybridized carbons (Fsp3) is 1.00. The molecule has 3 N–H and O–H groups in total. The van der Waals surface area contributed by atoms with Gasteiger partial charge in [-0.2, -0.15) is 0 Å². The van der Waals surface area contributed by atoms with Crippen molar-refractivity contribution in [2.45, 2.75) is 271 Å². The second kappa shape index (κ2) is 62.4. The van der Waals surface area contributed by atoms with E-state index in [1.165, 1.54) is 0 Å². The summed E-state index contributed by atoms with van der Waals surface area (Å²) in [5.74, 6) is 0.142. The number of phosphoric ester groups is 10. The summed E-state index contributed by atoms with van der Waals surface area (Å²) < 4.78 is 247. The Morgan fingerprint density at radius 1 is 0.271 bits per heavy atom. The molecule has 5 aliphatic rings. The highest BCUT2D eigenvalue weighted by Crippen LogP contribution is 2.52. The van der Waals surface area contributed by atoms with Gasteiger partial charge in [-0.3, -0.25) is 41.1 Å². The molecule has 0 aromatic rings. The minimum Gasteiger partial charge on any atom is -0.790 e. The largest absolute Gasteiger partial charge is 0.790 e. The van der Waals surface area contributed by atoms with E-state index < -0.39 is 228 Å². The Hall–Kier alpha value is 1.25. The van der Waals surface area contributed by atoms with Gasteiger partial charge in [-0.15, -0.1) is 0 Å². The first-order valence-corrected chi connectivity index (χ1v) is 58.5. The number of phosphoric acid groups is 10. The van der Waals surface area contributed by atoms with Crippen LogP contribution < -0.4 is 58.7 Å². The summed E-state index contributed by atoms with van der Waals surface area (Å²) in [5.41, 5.74) is -1.22. The van der Waals surface area contributed by atoms with Crippen molar-refractivity contribution in [2.75, 3.05) is 126 Å². The maximum atomic E-state index is 12.1. The molecule has 5 heterocycles. The Morgan fingerprint density at radius 3 is 0.617 bits per heavy atom. The molecule has 133 heavy (non-hydrogen) atoms. The maximum Gasteiger partial charge on any atom is 0.268 e. The van der Waals surface area contributed by atoms with Crippen molar-refractivity contribution in [3.05, 3.63) is 0 Å². The van der Waals surface area contributed by atoms with Crippen molar-refractivity contribution >= 4 is 125 Å². The average Bonchev–Trinajstić information content (AvgIpc) is 1.68. The lowest BCUT2D eigenvalue weighted by Crippen LogP contribution is -2.37. The van der Waals surface area contributed by atoms with Gasteiger partial charge in [-0.1, -0.05) is 90.0 Å². The lowest BCUT2D eigenvalue weighted by atomic mass is 9.85. The number of aliphatic hydroxyl groups excluding tert-OH is 3. The van der Waals surface area contributed by atoms with E-state index in [0.717, 1.165) is 6.66 Å². The van der Waals surface area contributed by atoms with E-state index >= 15 is 0 Å². The zero-order valence-electron chi connectivity index (χ0n) is 76.7. The Morgan fingerprint density at radius 2 is 0.436 bits per heavy atom. The molecule has 0 spiro atoms. The topological polar surface area (TPSA) is 756 Å². The van der Waals surface area contributed by atoms with Gasteiger partial charge in [0.1, 0.15) is 46.8 Å². The summed E-state index contributed by atoms with van der Waals surface area (Å²) in [5, 5.41) is 25.7. The van der Waals surface area contributed by atoms with E-state index in [4.69, 9.17) is 114 Å². The fourth-order valence-electron chi connectivity index (χ4n) is 11.8. The summed E-state index contributed by atoms with van der Waals surface area (Å²) in [7, 11) is -21.9. The molecule has 25 atom stereocenters. The number of hydrogen-bond acceptors (Lipinski definition) is 51. The molecular weight excluding hydrogens is 2000 g/mol. The van der Waals surface area contributed by atoms with Crippen LogP contribution in [0.25, 0.3) is 0 Å². The highest BCUT2D eigenvalue weighted by atomic mass is 31.2. The van der Waals surface area contributed by atoms with Crippen molar-refractivity contribution in [3.8, 4) is 0 Å². The Balaban J connectivity index is 0.000000845. The van der Waals surface area contributed by atoms with Crippen molar-refractivity contribution < 1.29 is 238 Å². The van der Waals surface area contributed by atoms with Gasteiger partial charge in [0.05, 0.1) is 168 Å². The van der Waals surface area contributed by atoms with Crippen molar-refractivity contribution in [1.29, 1.82) is 0 Å². The van der Waals surface area contributed by atoms with Crippen LogP contribution in [0.1, 0.15) is 180 Å². The van der Waals surface area contributed by atoms with Gasteiger partial charge in [-0.05, 0) is 118 Å². The molecule has 5 aliphatic heterocycles. The summed E-state index contributed by atoms with van der Waals surface area (Å²) in [6.45, 7) is 19.6. The molecule has 0 bridgehead atoms. The molecule has 51 nitrogen and oxygen atoms in total. The van der Waals surface area contributed by atoms with Gasteiger partial charge in [0.2, 0.25) is 0 Å². The molecule has 5 saturated heterocycles. The highest BCUT2D eigenvalue weighted by Gasteiger charge is 2.47. The number of aliphatic hydroxyl groups is 3. The first-order chi connectivity index (χ1) is 60.8. The lowest BCUT2D eigenvalue weighted by Gasteiger charge is -2.34. The van der Waals surface area contributed by atoms with Gasteiger partial charge >= 0.3 is 0 Å². The highest BCUT2D eigenvalue weighted by molar-refractivity contribution is 7.50. The second-order valence-electron chi connectivity index (χ2n) is 33.6. The molecule has 67 heteroatoms. The van der Waals surface area contributed by atoms with Gasteiger partial charge in [0.15, 0.2) is 0 Å². The summed E-state index contributed by atoms with van der Waals surface area (Å²) in [4.78, 5) is 137. The molecule has 0 aromatic heterocycles. The molecule has 0 saturated carbocycles. The molecule has 5 fully saturated rings. The fourth-order valence-corrected chi connectivity index (χ4v) is 20.5. The molecule has 10 radical (unpaired) electrons. The summed E-state index contributed by atoms with van der Waals surface area (Å²) in [6, 6.07) is -3.03. The van der Waals surface area contributed by atoms with Crippen LogP contribution in [0.2, 0.25) is 0 Å². The SMILES string of the molecule is [B]C1CC(OP(=O)([O-])OCCCO)C(C(C)C)O1.[B]C1CC(OP(=O)([O-])OCCCOP(=O)([O-])OCCCO)C(C(C)(C)C)O1.[B]C1CC(OP(=O)([O-])OCCCOP(=O)([O-])OCCCOP(=O)([O-])OCCCO)C(C(C)(C)C)O1.[B]C1CC(OP(=O)([O-])OCCCOP(=O)([O-])OCCCOP(=O)([O-])[O-])C(C(C)(C)C)O1.[B]C1CC(OP(=O)([O-])OCCCOP(C)(=O)[O-])C(C(C)C)O1. The maximum absolute atomic E-state index is 12.1. The molecule has 5 rings (SSSR count). The monoisotopic (exact) mass is 2130 g/mol. The predicted molar refractivity (Wildman–Crippen MR) is 449 cm³/mol. The van der Waals surface area contributed by atoms with E-state index in [2.05, 4.69) is 54.3 Å². The van der Waals surface area contributed by atoms with E-state index in [1.807, 2.05) is 90.0 Å². The Labute approximate surface area is 784 Å². The van der Waals surface area contributed by atoms with Crippen LogP contribution in [0, 0.1) is 28.1 Å². The van der Waals surface area contributed by atoms with E-state index in [-0.39, 0.29) is 180 Å². The van der Waals surface area contributed by atoms with Crippen LogP contribution in [-0.2, 0) is 164 Å². The van der Waals surface area contributed by atoms with Crippen LogP contribution >= 0.6 is 85.8 Å². The molecule has 0 aromatic carbocycles. The zero-order chi connectivity index (χ0) is 102. The van der Waals surface area contributed by atoms with Crippen molar-refractivity contribution in [3.63, 3.8) is 0 Å². The smallest absolute Gasteiger partial charge is 0.268 e. The lowest BCUT2D eigenvalue weighted by molar-refractivity contribution is -0.342.